The molecule has 0 saturated heterocycles. The van der Waals surface area contributed by atoms with Gasteiger partial charge in [0.05, 0.1) is 6.10 Å². The van der Waals surface area contributed by atoms with Crippen LogP contribution in [0.4, 0.5) is 0 Å². The van der Waals surface area contributed by atoms with Crippen LogP contribution in [0.1, 0.15) is 92.4 Å². The number of aliphatic hydroxyl groups excluding tert-OH is 1. The van der Waals surface area contributed by atoms with E-state index in [1.54, 1.807) is 0 Å². The van der Waals surface area contributed by atoms with Crippen molar-refractivity contribution in [1.82, 2.24) is 0 Å². The predicted octanol–water partition coefficient (Wildman–Crippen LogP) is 6.36. The molecule has 2 rings (SSSR count). The van der Waals surface area contributed by atoms with Crippen LogP contribution >= 0.6 is 0 Å². The zero-order valence-electron chi connectivity index (χ0n) is 16.3. The summed E-state index contributed by atoms with van der Waals surface area (Å²) in [5, 5.41) is 10.5. The lowest BCUT2D eigenvalue weighted by molar-refractivity contribution is -0.0489. The Morgan fingerprint density at radius 1 is 1.26 bits per heavy atom. The van der Waals surface area contributed by atoms with E-state index in [0.717, 1.165) is 18.3 Å². The van der Waals surface area contributed by atoms with Gasteiger partial charge in [-0.05, 0) is 74.0 Å². The Labute approximate surface area is 144 Å². The van der Waals surface area contributed by atoms with Gasteiger partial charge in [0.1, 0.15) is 0 Å². The summed E-state index contributed by atoms with van der Waals surface area (Å²) in [5.74, 6) is 2.14. The maximum absolute atomic E-state index is 10.5. The summed E-state index contributed by atoms with van der Waals surface area (Å²) in [7, 11) is 0. The van der Waals surface area contributed by atoms with Crippen LogP contribution in [-0.4, -0.2) is 11.2 Å². The molecule has 0 aromatic carbocycles. The number of allylic oxidation sites excluding steroid dienone is 2. The van der Waals surface area contributed by atoms with Crippen LogP contribution in [0.2, 0.25) is 0 Å². The molecule has 0 aromatic heterocycles. The van der Waals surface area contributed by atoms with E-state index in [0.29, 0.717) is 16.7 Å². The normalized spacial score (nSPS) is 37.3. The first-order valence-corrected chi connectivity index (χ1v) is 10.1. The molecule has 0 radical (unpaired) electrons. The van der Waals surface area contributed by atoms with E-state index in [9.17, 15) is 5.11 Å². The first kappa shape index (κ1) is 19.0. The van der Waals surface area contributed by atoms with Gasteiger partial charge in [-0.1, -0.05) is 59.1 Å². The molecule has 5 atom stereocenters. The third-order valence-corrected chi connectivity index (χ3v) is 7.28. The highest BCUT2D eigenvalue weighted by atomic mass is 16.3. The third-order valence-electron chi connectivity index (χ3n) is 7.28. The molecule has 0 spiro atoms. The summed E-state index contributed by atoms with van der Waals surface area (Å²) < 4.78 is 0. The largest absolute Gasteiger partial charge is 0.393 e. The van der Waals surface area contributed by atoms with E-state index >= 15 is 0 Å². The van der Waals surface area contributed by atoms with Crippen molar-refractivity contribution in [3.8, 4) is 0 Å². The molecule has 1 unspecified atom stereocenters. The molecule has 1 N–H and O–H groups in total. The SMILES string of the molecule is C/C=C\C[C@](C)(CCCC(C)C)[C@H]1CCC2[C@@H](O)CCC[C@@]21C. The van der Waals surface area contributed by atoms with E-state index in [1.807, 2.05) is 0 Å². The van der Waals surface area contributed by atoms with Gasteiger partial charge in [-0.3, -0.25) is 0 Å². The molecule has 2 aliphatic carbocycles. The zero-order chi connectivity index (χ0) is 17.1. The first-order valence-electron chi connectivity index (χ1n) is 10.1. The van der Waals surface area contributed by atoms with Gasteiger partial charge in [0, 0.05) is 0 Å². The fourth-order valence-electron chi connectivity index (χ4n) is 6.01. The van der Waals surface area contributed by atoms with Gasteiger partial charge in [-0.2, -0.15) is 0 Å². The molecule has 1 heteroatoms. The maximum Gasteiger partial charge on any atom is 0.0573 e. The van der Waals surface area contributed by atoms with Crippen molar-refractivity contribution >= 4 is 0 Å². The van der Waals surface area contributed by atoms with E-state index in [2.05, 4.69) is 46.8 Å². The Morgan fingerprint density at radius 3 is 2.65 bits per heavy atom. The molecule has 2 fully saturated rings. The van der Waals surface area contributed by atoms with Gasteiger partial charge < -0.3 is 5.11 Å². The molecule has 0 amide bonds. The van der Waals surface area contributed by atoms with Crippen molar-refractivity contribution in [2.45, 2.75) is 98.5 Å². The molecule has 134 valence electrons. The van der Waals surface area contributed by atoms with Crippen LogP contribution < -0.4 is 0 Å². The van der Waals surface area contributed by atoms with E-state index in [-0.39, 0.29) is 6.10 Å². The summed E-state index contributed by atoms with van der Waals surface area (Å²) in [4.78, 5) is 0. The molecule has 1 nitrogen and oxygen atoms in total. The fourth-order valence-corrected chi connectivity index (χ4v) is 6.01. The number of hydrogen-bond donors (Lipinski definition) is 1. The van der Waals surface area contributed by atoms with Gasteiger partial charge in [0.2, 0.25) is 0 Å². The molecule has 0 bridgehead atoms. The minimum Gasteiger partial charge on any atom is -0.393 e. The first-order chi connectivity index (χ1) is 10.8. The molecular weight excluding hydrogens is 280 g/mol. The zero-order valence-corrected chi connectivity index (χ0v) is 16.3. The molecule has 23 heavy (non-hydrogen) atoms. The number of hydrogen-bond acceptors (Lipinski definition) is 1. The average molecular weight is 321 g/mol. The minimum absolute atomic E-state index is 0.0413. The molecular formula is C22H40O. The van der Waals surface area contributed by atoms with Crippen LogP contribution in [0.15, 0.2) is 12.2 Å². The highest BCUT2D eigenvalue weighted by molar-refractivity contribution is 5.06. The molecule has 0 aliphatic heterocycles. The lowest BCUT2D eigenvalue weighted by Gasteiger charge is -2.50. The minimum atomic E-state index is -0.0413. The lowest BCUT2D eigenvalue weighted by Crippen LogP contribution is -2.44. The summed E-state index contributed by atoms with van der Waals surface area (Å²) in [6.07, 6.45) is 16.0. The molecule has 0 aromatic rings. The van der Waals surface area contributed by atoms with E-state index in [4.69, 9.17) is 0 Å². The highest BCUT2D eigenvalue weighted by Crippen LogP contribution is 2.62. The summed E-state index contributed by atoms with van der Waals surface area (Å²) in [6, 6.07) is 0. The van der Waals surface area contributed by atoms with Crippen LogP contribution in [0.5, 0.6) is 0 Å². The number of fused-ring (bicyclic) bond motifs is 1. The van der Waals surface area contributed by atoms with Crippen molar-refractivity contribution in [2.24, 2.45) is 28.6 Å². The van der Waals surface area contributed by atoms with Crippen molar-refractivity contribution in [3.63, 3.8) is 0 Å². The second-order valence-corrected chi connectivity index (χ2v) is 9.42. The maximum atomic E-state index is 10.5. The van der Waals surface area contributed by atoms with Crippen LogP contribution in [0.25, 0.3) is 0 Å². The van der Waals surface area contributed by atoms with E-state index < -0.39 is 0 Å². The summed E-state index contributed by atoms with van der Waals surface area (Å²) in [6.45, 7) is 11.9. The molecule has 0 heterocycles. The third kappa shape index (κ3) is 4.03. The standard InChI is InChI=1S/C22H40O/c1-6-7-14-21(4,15-8-10-17(2)3)20-13-12-18-19(23)11-9-16-22(18,20)5/h6-7,17-20,23H,8-16H2,1-5H3/b7-6-/t18?,19-,20+,21+,22-/m0/s1. The Bertz CT molecular complexity index is 399. The smallest absolute Gasteiger partial charge is 0.0573 e. The van der Waals surface area contributed by atoms with Crippen molar-refractivity contribution in [2.75, 3.05) is 0 Å². The predicted molar refractivity (Wildman–Crippen MR) is 100 cm³/mol. The van der Waals surface area contributed by atoms with Crippen molar-refractivity contribution in [3.05, 3.63) is 12.2 Å². The van der Waals surface area contributed by atoms with Gasteiger partial charge in [-0.25, -0.2) is 0 Å². The van der Waals surface area contributed by atoms with Crippen molar-refractivity contribution < 1.29 is 5.11 Å². The van der Waals surface area contributed by atoms with Gasteiger partial charge in [0.15, 0.2) is 0 Å². The van der Waals surface area contributed by atoms with Gasteiger partial charge in [0.25, 0.3) is 0 Å². The van der Waals surface area contributed by atoms with Crippen LogP contribution in [0.3, 0.4) is 0 Å². The molecule has 2 saturated carbocycles. The quantitative estimate of drug-likeness (QED) is 0.541. The highest BCUT2D eigenvalue weighted by Gasteiger charge is 2.55. The Morgan fingerprint density at radius 2 is 2.00 bits per heavy atom. The number of rotatable bonds is 7. The Hall–Kier alpha value is -0.300. The topological polar surface area (TPSA) is 20.2 Å². The summed E-state index contributed by atoms with van der Waals surface area (Å²) in [5.41, 5.74) is 0.772. The second kappa shape index (κ2) is 7.72. The van der Waals surface area contributed by atoms with Gasteiger partial charge in [-0.15, -0.1) is 0 Å². The number of aliphatic hydroxyl groups is 1. The van der Waals surface area contributed by atoms with E-state index in [1.165, 1.54) is 51.4 Å². The fraction of sp³-hybridized carbons (Fsp3) is 0.909. The Balaban J connectivity index is 2.17. The monoisotopic (exact) mass is 320 g/mol. The average Bonchev–Trinajstić information content (AvgIpc) is 2.84. The summed E-state index contributed by atoms with van der Waals surface area (Å²) >= 11 is 0. The Kier molecular flexibility index (Phi) is 6.39. The lowest BCUT2D eigenvalue weighted by atomic mass is 9.56. The van der Waals surface area contributed by atoms with Crippen LogP contribution in [-0.2, 0) is 0 Å². The van der Waals surface area contributed by atoms with Crippen LogP contribution in [0, 0.1) is 28.6 Å². The van der Waals surface area contributed by atoms with Crippen molar-refractivity contribution in [1.29, 1.82) is 0 Å². The van der Waals surface area contributed by atoms with Gasteiger partial charge >= 0.3 is 0 Å². The second-order valence-electron chi connectivity index (χ2n) is 9.42. The molecule has 2 aliphatic rings.